The molecule has 0 aliphatic rings. The van der Waals surface area contributed by atoms with Crippen molar-refractivity contribution in [3.8, 4) is 0 Å². The fraction of sp³-hybridized carbons (Fsp3) is 0.474. The molecule has 0 radical (unpaired) electrons. The lowest BCUT2D eigenvalue weighted by Crippen LogP contribution is -2.41. The highest BCUT2D eigenvalue weighted by Gasteiger charge is 2.24. The number of nitrogens with zero attached hydrogens (tertiary/aromatic N) is 2. The summed E-state index contributed by atoms with van der Waals surface area (Å²) in [6.45, 7) is 10.4. The molecular formula is C19H29N5O2S2. The van der Waals surface area contributed by atoms with Gasteiger partial charge in [0, 0.05) is 24.0 Å². The average molecular weight is 424 g/mol. The Labute approximate surface area is 171 Å². The van der Waals surface area contributed by atoms with Crippen molar-refractivity contribution >= 4 is 27.3 Å². The van der Waals surface area contributed by atoms with Crippen LogP contribution in [0, 0.1) is 13.8 Å². The van der Waals surface area contributed by atoms with Gasteiger partial charge in [-0.3, -0.25) is 4.99 Å². The predicted octanol–water partition coefficient (Wildman–Crippen LogP) is 2.70. The predicted molar refractivity (Wildman–Crippen MR) is 115 cm³/mol. The zero-order chi connectivity index (χ0) is 20.9. The second kappa shape index (κ2) is 9.02. The van der Waals surface area contributed by atoms with Crippen molar-refractivity contribution in [3.05, 3.63) is 45.4 Å². The first kappa shape index (κ1) is 22.3. The molecule has 0 unspecified atom stereocenters. The monoisotopic (exact) mass is 423 g/mol. The Balaban J connectivity index is 2.08. The molecule has 28 heavy (non-hydrogen) atoms. The van der Waals surface area contributed by atoms with Gasteiger partial charge in [-0.25, -0.2) is 18.1 Å². The van der Waals surface area contributed by atoms with Crippen LogP contribution in [0.25, 0.3) is 0 Å². The molecule has 3 N–H and O–H groups in total. The third-order valence-electron chi connectivity index (χ3n) is 3.79. The standard InChI is InChI=1S/C19H29N5O2S2/c1-13-16(27-14(2)23-13)12-22-18(20-6)21-11-15-9-7-8-10-17(15)28(25,26)24-19(3,4)5/h7-10,24H,11-12H2,1-6H3,(H2,20,21,22). The summed E-state index contributed by atoms with van der Waals surface area (Å²) in [7, 11) is -1.93. The molecule has 1 aromatic heterocycles. The van der Waals surface area contributed by atoms with E-state index in [9.17, 15) is 8.42 Å². The summed E-state index contributed by atoms with van der Waals surface area (Å²) in [6.07, 6.45) is 0. The Hall–Kier alpha value is -1.97. The number of nitrogens with one attached hydrogen (secondary N) is 3. The quantitative estimate of drug-likeness (QED) is 0.490. The van der Waals surface area contributed by atoms with E-state index >= 15 is 0 Å². The van der Waals surface area contributed by atoms with E-state index in [-0.39, 0.29) is 4.90 Å². The number of aliphatic imine (C=N–C) groups is 1. The zero-order valence-corrected chi connectivity index (χ0v) is 18.9. The van der Waals surface area contributed by atoms with Gasteiger partial charge in [0.2, 0.25) is 10.0 Å². The van der Waals surface area contributed by atoms with E-state index in [1.165, 1.54) is 0 Å². The van der Waals surface area contributed by atoms with Crippen LogP contribution in [-0.4, -0.2) is 31.9 Å². The van der Waals surface area contributed by atoms with Crippen molar-refractivity contribution in [1.29, 1.82) is 0 Å². The van der Waals surface area contributed by atoms with Gasteiger partial charge in [0.1, 0.15) is 0 Å². The van der Waals surface area contributed by atoms with Crippen molar-refractivity contribution < 1.29 is 8.42 Å². The molecule has 2 rings (SSSR count). The fourth-order valence-electron chi connectivity index (χ4n) is 2.67. The molecule has 2 aromatic rings. The van der Waals surface area contributed by atoms with E-state index < -0.39 is 15.6 Å². The Morgan fingerprint density at radius 3 is 2.36 bits per heavy atom. The minimum absolute atomic E-state index is 0.266. The topological polar surface area (TPSA) is 95.5 Å². The zero-order valence-electron chi connectivity index (χ0n) is 17.3. The SMILES string of the molecule is CN=C(NCc1ccccc1S(=O)(=O)NC(C)(C)C)NCc1sc(C)nc1C. The van der Waals surface area contributed by atoms with E-state index in [4.69, 9.17) is 0 Å². The minimum Gasteiger partial charge on any atom is -0.352 e. The van der Waals surface area contributed by atoms with Crippen LogP contribution in [-0.2, 0) is 23.1 Å². The first-order chi connectivity index (χ1) is 13.0. The number of hydrogen-bond acceptors (Lipinski definition) is 5. The molecule has 9 heteroatoms. The molecule has 0 spiro atoms. The largest absolute Gasteiger partial charge is 0.352 e. The second-order valence-electron chi connectivity index (χ2n) is 7.48. The van der Waals surface area contributed by atoms with E-state index in [2.05, 4.69) is 25.3 Å². The highest BCUT2D eigenvalue weighted by Crippen LogP contribution is 2.18. The maximum absolute atomic E-state index is 12.7. The summed E-state index contributed by atoms with van der Waals surface area (Å²) >= 11 is 1.65. The Kier molecular flexibility index (Phi) is 7.19. The van der Waals surface area contributed by atoms with Crippen LogP contribution in [0.5, 0.6) is 0 Å². The van der Waals surface area contributed by atoms with Gasteiger partial charge in [0.05, 0.1) is 22.1 Å². The summed E-state index contributed by atoms with van der Waals surface area (Å²) in [4.78, 5) is 10.1. The first-order valence-electron chi connectivity index (χ1n) is 9.01. The Morgan fingerprint density at radius 1 is 1.14 bits per heavy atom. The Morgan fingerprint density at radius 2 is 1.79 bits per heavy atom. The number of hydrogen-bond donors (Lipinski definition) is 3. The first-order valence-corrected chi connectivity index (χ1v) is 11.3. The lowest BCUT2D eigenvalue weighted by Gasteiger charge is -2.22. The molecule has 0 saturated carbocycles. The van der Waals surface area contributed by atoms with Gasteiger partial charge in [-0.05, 0) is 46.2 Å². The highest BCUT2D eigenvalue weighted by molar-refractivity contribution is 7.89. The number of guanidine groups is 1. The summed E-state index contributed by atoms with van der Waals surface area (Å²) in [6, 6.07) is 6.97. The van der Waals surface area contributed by atoms with Gasteiger partial charge in [0.25, 0.3) is 0 Å². The van der Waals surface area contributed by atoms with E-state index in [1.807, 2.05) is 40.7 Å². The molecule has 0 aliphatic heterocycles. The van der Waals surface area contributed by atoms with Crippen molar-refractivity contribution in [3.63, 3.8) is 0 Å². The molecule has 0 fully saturated rings. The Bertz CT molecular complexity index is 943. The maximum Gasteiger partial charge on any atom is 0.241 e. The van der Waals surface area contributed by atoms with Gasteiger partial charge >= 0.3 is 0 Å². The molecule has 0 saturated heterocycles. The molecule has 7 nitrogen and oxygen atoms in total. The second-order valence-corrected chi connectivity index (χ2v) is 10.4. The summed E-state index contributed by atoms with van der Waals surface area (Å²) < 4.78 is 28.2. The van der Waals surface area contributed by atoms with Gasteiger partial charge in [-0.2, -0.15) is 0 Å². The number of sulfonamides is 1. The fourth-order valence-corrected chi connectivity index (χ4v) is 5.21. The van der Waals surface area contributed by atoms with Crippen LogP contribution in [0.3, 0.4) is 0 Å². The van der Waals surface area contributed by atoms with Crippen LogP contribution in [0.2, 0.25) is 0 Å². The van der Waals surface area contributed by atoms with Crippen molar-refractivity contribution in [2.24, 2.45) is 4.99 Å². The molecule has 1 aromatic carbocycles. The lowest BCUT2D eigenvalue weighted by atomic mass is 10.1. The molecule has 154 valence electrons. The van der Waals surface area contributed by atoms with Crippen LogP contribution >= 0.6 is 11.3 Å². The lowest BCUT2D eigenvalue weighted by molar-refractivity contribution is 0.491. The van der Waals surface area contributed by atoms with Crippen LogP contribution in [0.4, 0.5) is 0 Å². The number of aromatic nitrogens is 1. The van der Waals surface area contributed by atoms with Crippen molar-refractivity contribution in [1.82, 2.24) is 20.3 Å². The van der Waals surface area contributed by atoms with Crippen LogP contribution in [0.15, 0.2) is 34.2 Å². The van der Waals surface area contributed by atoms with E-state index in [1.54, 1.807) is 36.6 Å². The van der Waals surface area contributed by atoms with Crippen LogP contribution in [0.1, 0.15) is 41.9 Å². The summed E-state index contributed by atoms with van der Waals surface area (Å²) in [5.41, 5.74) is 1.13. The third kappa shape index (κ3) is 6.29. The van der Waals surface area contributed by atoms with Crippen molar-refractivity contribution in [2.75, 3.05) is 7.05 Å². The van der Waals surface area contributed by atoms with Gasteiger partial charge in [-0.1, -0.05) is 18.2 Å². The molecular weight excluding hydrogens is 394 g/mol. The number of aryl methyl sites for hydroxylation is 2. The maximum atomic E-state index is 12.7. The summed E-state index contributed by atoms with van der Waals surface area (Å²) in [5, 5.41) is 7.47. The van der Waals surface area contributed by atoms with E-state index in [0.29, 0.717) is 24.6 Å². The van der Waals surface area contributed by atoms with Gasteiger partial charge in [-0.15, -0.1) is 11.3 Å². The normalized spacial score (nSPS) is 12.9. The third-order valence-corrected chi connectivity index (χ3v) is 6.72. The highest BCUT2D eigenvalue weighted by atomic mass is 32.2. The minimum atomic E-state index is -3.62. The molecule has 0 aliphatic carbocycles. The summed E-state index contributed by atoms with van der Waals surface area (Å²) in [5.74, 6) is 0.599. The number of thiazole rings is 1. The molecule has 0 amide bonds. The number of benzene rings is 1. The van der Waals surface area contributed by atoms with E-state index in [0.717, 1.165) is 15.6 Å². The average Bonchev–Trinajstić information content (AvgIpc) is 2.90. The molecule has 0 bridgehead atoms. The van der Waals surface area contributed by atoms with Gasteiger partial charge < -0.3 is 10.6 Å². The van der Waals surface area contributed by atoms with Crippen LogP contribution < -0.4 is 15.4 Å². The van der Waals surface area contributed by atoms with Gasteiger partial charge in [0.15, 0.2) is 5.96 Å². The molecule has 0 atom stereocenters. The smallest absolute Gasteiger partial charge is 0.241 e. The van der Waals surface area contributed by atoms with Crippen molar-refractivity contribution in [2.45, 2.75) is 58.1 Å². The molecule has 1 heterocycles. The number of rotatable bonds is 6.